The molecule has 0 spiro atoms. The van der Waals surface area contributed by atoms with Crippen molar-refractivity contribution in [3.05, 3.63) is 35.9 Å². The molecule has 31 heavy (non-hydrogen) atoms. The van der Waals surface area contributed by atoms with Crippen molar-refractivity contribution in [3.63, 3.8) is 0 Å². The van der Waals surface area contributed by atoms with Crippen LogP contribution in [0.25, 0.3) is 0 Å². The number of hydrogen-bond acceptors (Lipinski definition) is 7. The third-order valence-electron chi connectivity index (χ3n) is 5.69. The van der Waals surface area contributed by atoms with Gasteiger partial charge in [0.1, 0.15) is 30.0 Å². The average Bonchev–Trinajstić information content (AvgIpc) is 3.44. The van der Waals surface area contributed by atoms with Crippen molar-refractivity contribution < 1.29 is 33.3 Å². The molecule has 3 fully saturated rings. The van der Waals surface area contributed by atoms with Gasteiger partial charge in [-0.1, -0.05) is 30.3 Å². The molecule has 3 aliphatic rings. The van der Waals surface area contributed by atoms with Gasteiger partial charge in [0.15, 0.2) is 6.10 Å². The van der Waals surface area contributed by atoms with Gasteiger partial charge in [-0.25, -0.2) is 9.59 Å². The first-order chi connectivity index (χ1) is 14.8. The summed E-state index contributed by atoms with van der Waals surface area (Å²) in [6.07, 6.45) is -0.545. The van der Waals surface area contributed by atoms with Crippen LogP contribution in [0.4, 0.5) is 4.79 Å². The number of esters is 1. The van der Waals surface area contributed by atoms with Crippen LogP contribution in [0.3, 0.4) is 0 Å². The van der Waals surface area contributed by atoms with E-state index in [9.17, 15) is 9.59 Å². The van der Waals surface area contributed by atoms with E-state index in [1.807, 2.05) is 30.3 Å². The Hall–Kier alpha value is -2.16. The fourth-order valence-corrected chi connectivity index (χ4v) is 4.23. The summed E-state index contributed by atoms with van der Waals surface area (Å²) in [5.41, 5.74) is 0.461. The number of hydrogen-bond donors (Lipinski definition) is 0. The van der Waals surface area contributed by atoms with Gasteiger partial charge in [0.05, 0.1) is 19.8 Å². The Bertz CT molecular complexity index is 778. The number of rotatable bonds is 5. The third kappa shape index (κ3) is 5.19. The standard InChI is InChI=1S/C23H31NO7/c1-23(2,3)31-22(26)24-11-7-10-16(24)21(25)30-18-14-29-19-17(13-28-20(18)19)27-12-15-8-5-4-6-9-15/h4-6,8-9,16-20H,7,10-14H2,1-3H3/t16-,17+,18+,19+,20+/m0/s1. The largest absolute Gasteiger partial charge is 0.455 e. The number of amides is 1. The number of ether oxygens (including phenoxy) is 5. The van der Waals surface area contributed by atoms with Crippen molar-refractivity contribution in [2.45, 2.75) is 76.3 Å². The minimum Gasteiger partial charge on any atom is -0.455 e. The van der Waals surface area contributed by atoms with Crippen molar-refractivity contribution >= 4 is 12.1 Å². The maximum absolute atomic E-state index is 12.8. The molecule has 4 rings (SSSR count). The zero-order valence-corrected chi connectivity index (χ0v) is 18.3. The molecule has 0 unspecified atom stereocenters. The second-order valence-corrected chi connectivity index (χ2v) is 9.24. The maximum Gasteiger partial charge on any atom is 0.411 e. The predicted molar refractivity (Wildman–Crippen MR) is 110 cm³/mol. The highest BCUT2D eigenvalue weighted by Crippen LogP contribution is 2.32. The third-order valence-corrected chi connectivity index (χ3v) is 5.69. The van der Waals surface area contributed by atoms with Gasteiger partial charge in [0, 0.05) is 6.54 Å². The van der Waals surface area contributed by atoms with Crippen LogP contribution in [0.1, 0.15) is 39.2 Å². The summed E-state index contributed by atoms with van der Waals surface area (Å²) < 4.78 is 28.9. The monoisotopic (exact) mass is 433 g/mol. The second-order valence-electron chi connectivity index (χ2n) is 9.24. The summed E-state index contributed by atoms with van der Waals surface area (Å²) in [6, 6.07) is 9.28. The van der Waals surface area contributed by atoms with Crippen molar-refractivity contribution in [2.75, 3.05) is 19.8 Å². The quantitative estimate of drug-likeness (QED) is 0.660. The van der Waals surface area contributed by atoms with E-state index in [4.69, 9.17) is 23.7 Å². The molecule has 0 radical (unpaired) electrons. The highest BCUT2D eigenvalue weighted by atomic mass is 16.7. The first kappa shape index (κ1) is 22.0. The summed E-state index contributed by atoms with van der Waals surface area (Å²) in [5, 5.41) is 0. The molecule has 3 aliphatic heterocycles. The topological polar surface area (TPSA) is 83.5 Å². The molecule has 0 bridgehead atoms. The Morgan fingerprint density at radius 3 is 2.45 bits per heavy atom. The summed E-state index contributed by atoms with van der Waals surface area (Å²) in [5.74, 6) is -0.435. The van der Waals surface area contributed by atoms with E-state index in [2.05, 4.69) is 0 Å². The SMILES string of the molecule is CC(C)(C)OC(=O)N1CCC[C@H]1C(=O)O[C@@H]1CO[C@H]2[C@@H]1OC[C@H]2OCc1ccccc1. The lowest BCUT2D eigenvalue weighted by Crippen LogP contribution is -2.46. The molecule has 1 aromatic carbocycles. The van der Waals surface area contributed by atoms with Gasteiger partial charge in [0.2, 0.25) is 0 Å². The van der Waals surface area contributed by atoms with Gasteiger partial charge >= 0.3 is 12.1 Å². The Morgan fingerprint density at radius 2 is 1.74 bits per heavy atom. The zero-order chi connectivity index (χ0) is 22.0. The minimum atomic E-state index is -0.638. The molecule has 0 saturated carbocycles. The molecule has 8 nitrogen and oxygen atoms in total. The molecule has 1 amide bonds. The van der Waals surface area contributed by atoms with E-state index in [1.165, 1.54) is 4.90 Å². The van der Waals surface area contributed by atoms with Gasteiger partial charge in [-0.05, 0) is 39.2 Å². The summed E-state index contributed by atoms with van der Waals surface area (Å²) in [6.45, 7) is 7.01. The molecule has 3 heterocycles. The van der Waals surface area contributed by atoms with E-state index in [0.29, 0.717) is 26.2 Å². The van der Waals surface area contributed by atoms with Crippen molar-refractivity contribution in [3.8, 4) is 0 Å². The second kappa shape index (κ2) is 9.14. The summed E-state index contributed by atoms with van der Waals surface area (Å²) >= 11 is 0. The molecule has 5 atom stereocenters. The van der Waals surface area contributed by atoms with Gasteiger partial charge in [-0.15, -0.1) is 0 Å². The zero-order valence-electron chi connectivity index (χ0n) is 18.3. The number of likely N-dealkylation sites (tertiary alicyclic amines) is 1. The van der Waals surface area contributed by atoms with Crippen LogP contribution in [0.5, 0.6) is 0 Å². The minimum absolute atomic E-state index is 0.210. The lowest BCUT2D eigenvalue weighted by atomic mass is 10.1. The van der Waals surface area contributed by atoms with Crippen molar-refractivity contribution in [2.24, 2.45) is 0 Å². The molecular formula is C23H31NO7. The van der Waals surface area contributed by atoms with E-state index in [-0.39, 0.29) is 24.9 Å². The van der Waals surface area contributed by atoms with Crippen molar-refractivity contribution in [1.82, 2.24) is 4.90 Å². The van der Waals surface area contributed by atoms with Gasteiger partial charge < -0.3 is 23.7 Å². The van der Waals surface area contributed by atoms with Crippen LogP contribution in [0.15, 0.2) is 30.3 Å². The van der Waals surface area contributed by atoms with Crippen LogP contribution in [0.2, 0.25) is 0 Å². The summed E-state index contributed by atoms with van der Waals surface area (Å²) in [7, 11) is 0. The van der Waals surface area contributed by atoms with E-state index in [1.54, 1.807) is 20.8 Å². The molecule has 3 saturated heterocycles. The molecule has 1 aromatic rings. The smallest absolute Gasteiger partial charge is 0.411 e. The van der Waals surface area contributed by atoms with Crippen LogP contribution in [-0.4, -0.2) is 72.8 Å². The molecular weight excluding hydrogens is 402 g/mol. The van der Waals surface area contributed by atoms with E-state index < -0.39 is 29.8 Å². The number of nitrogens with zero attached hydrogens (tertiary/aromatic N) is 1. The first-order valence-electron chi connectivity index (χ1n) is 10.9. The predicted octanol–water partition coefficient (Wildman–Crippen LogP) is 2.68. The summed E-state index contributed by atoms with van der Waals surface area (Å²) in [4.78, 5) is 26.8. The number of carbonyl (C=O) groups is 2. The lowest BCUT2D eigenvalue weighted by molar-refractivity contribution is -0.159. The maximum atomic E-state index is 12.8. The fourth-order valence-electron chi connectivity index (χ4n) is 4.23. The van der Waals surface area contributed by atoms with E-state index in [0.717, 1.165) is 12.0 Å². The van der Waals surface area contributed by atoms with Gasteiger partial charge in [-0.3, -0.25) is 4.90 Å². The Balaban J connectivity index is 1.30. The highest BCUT2D eigenvalue weighted by molar-refractivity contribution is 5.82. The van der Waals surface area contributed by atoms with Gasteiger partial charge in [0.25, 0.3) is 0 Å². The average molecular weight is 434 g/mol. The molecule has 8 heteroatoms. The molecule has 0 aromatic heterocycles. The molecule has 0 aliphatic carbocycles. The number of benzene rings is 1. The Morgan fingerprint density at radius 1 is 1.06 bits per heavy atom. The molecule has 0 N–H and O–H groups in total. The van der Waals surface area contributed by atoms with Crippen LogP contribution < -0.4 is 0 Å². The normalized spacial score (nSPS) is 30.3. The lowest BCUT2D eigenvalue weighted by Gasteiger charge is -2.28. The Kier molecular flexibility index (Phi) is 6.50. The first-order valence-corrected chi connectivity index (χ1v) is 10.9. The van der Waals surface area contributed by atoms with Crippen LogP contribution >= 0.6 is 0 Å². The van der Waals surface area contributed by atoms with E-state index >= 15 is 0 Å². The molecule has 170 valence electrons. The van der Waals surface area contributed by atoms with Crippen LogP contribution in [-0.2, 0) is 35.1 Å². The Labute approximate surface area is 182 Å². The number of fused-ring (bicyclic) bond motifs is 1. The van der Waals surface area contributed by atoms with Crippen molar-refractivity contribution in [1.29, 1.82) is 0 Å². The number of carbonyl (C=O) groups excluding carboxylic acids is 2. The van der Waals surface area contributed by atoms with Gasteiger partial charge in [-0.2, -0.15) is 0 Å². The van der Waals surface area contributed by atoms with Crippen LogP contribution in [0, 0.1) is 0 Å². The highest BCUT2D eigenvalue weighted by Gasteiger charge is 2.51. The fraction of sp³-hybridized carbons (Fsp3) is 0.652.